The molecule has 4 aromatic heterocycles. The number of aromatic nitrogens is 2. The summed E-state index contributed by atoms with van der Waals surface area (Å²) in [6.45, 7) is 4.08. The molecule has 0 aliphatic carbocycles. The molecule has 6 nitrogen and oxygen atoms in total. The third-order valence-electron chi connectivity index (χ3n) is 4.16. The summed E-state index contributed by atoms with van der Waals surface area (Å²) in [6.07, 6.45) is 0. The average molecular weight is 367 g/mol. The number of fused-ring (bicyclic) bond motifs is 1. The molecule has 0 saturated heterocycles. The summed E-state index contributed by atoms with van der Waals surface area (Å²) in [5.74, 6) is 1.43. The lowest BCUT2D eigenvalue weighted by molar-refractivity contribution is 0.0777. The van der Waals surface area contributed by atoms with Crippen LogP contribution in [0.3, 0.4) is 0 Å². The van der Waals surface area contributed by atoms with Crippen LogP contribution in [0.1, 0.15) is 27.6 Å². The van der Waals surface area contributed by atoms with Gasteiger partial charge in [0.25, 0.3) is 11.6 Å². The van der Waals surface area contributed by atoms with E-state index in [0.717, 1.165) is 16.4 Å². The number of carbonyl (C=O) groups is 1. The average Bonchev–Trinajstić information content (AvgIpc) is 3.36. The first-order chi connectivity index (χ1) is 12.5. The van der Waals surface area contributed by atoms with Crippen molar-refractivity contribution in [2.24, 2.45) is 0 Å². The van der Waals surface area contributed by atoms with Crippen LogP contribution in [0.5, 0.6) is 0 Å². The number of aryl methyl sites for hydroxylation is 2. The number of nitrogens with zero attached hydrogens (tertiary/aromatic N) is 3. The smallest absolute Gasteiger partial charge is 0.259 e. The van der Waals surface area contributed by atoms with Crippen molar-refractivity contribution < 1.29 is 13.7 Å². The van der Waals surface area contributed by atoms with Gasteiger partial charge in [0.2, 0.25) is 0 Å². The summed E-state index contributed by atoms with van der Waals surface area (Å²) in [5.41, 5.74) is 2.26. The highest BCUT2D eigenvalue weighted by Crippen LogP contribution is 2.30. The fourth-order valence-electron chi connectivity index (χ4n) is 2.90. The van der Waals surface area contributed by atoms with Gasteiger partial charge in [-0.05, 0) is 43.5 Å². The van der Waals surface area contributed by atoms with E-state index < -0.39 is 0 Å². The molecule has 0 saturated carbocycles. The van der Waals surface area contributed by atoms with Gasteiger partial charge < -0.3 is 13.8 Å². The molecule has 0 N–H and O–H groups in total. The molecule has 0 aromatic carbocycles. The topological polar surface area (TPSA) is 72.4 Å². The van der Waals surface area contributed by atoms with E-state index in [4.69, 9.17) is 8.94 Å². The summed E-state index contributed by atoms with van der Waals surface area (Å²) in [4.78, 5) is 20.2. The van der Waals surface area contributed by atoms with Crippen LogP contribution in [-0.4, -0.2) is 28.0 Å². The highest BCUT2D eigenvalue weighted by atomic mass is 32.1. The second kappa shape index (κ2) is 6.42. The lowest BCUT2D eigenvalue weighted by atomic mass is 10.1. The molecule has 0 unspecified atom stereocenters. The molecule has 0 aliphatic rings. The Morgan fingerprint density at radius 3 is 2.81 bits per heavy atom. The van der Waals surface area contributed by atoms with E-state index in [9.17, 15) is 4.79 Å². The monoisotopic (exact) mass is 367 g/mol. The van der Waals surface area contributed by atoms with Gasteiger partial charge in [-0.25, -0.2) is 4.98 Å². The fourth-order valence-corrected chi connectivity index (χ4v) is 3.58. The number of hydrogen-bond acceptors (Lipinski definition) is 6. The van der Waals surface area contributed by atoms with Crippen molar-refractivity contribution in [2.75, 3.05) is 7.05 Å². The Hall–Kier alpha value is -2.93. The first-order valence-corrected chi connectivity index (χ1v) is 9.02. The highest BCUT2D eigenvalue weighted by Gasteiger charge is 2.22. The van der Waals surface area contributed by atoms with E-state index in [2.05, 4.69) is 10.1 Å². The molecule has 0 aliphatic heterocycles. The summed E-state index contributed by atoms with van der Waals surface area (Å²) in [7, 11) is 1.75. The lowest BCUT2D eigenvalue weighted by Gasteiger charge is -2.16. The number of pyridine rings is 1. The summed E-state index contributed by atoms with van der Waals surface area (Å²) in [6, 6.07) is 9.49. The number of furan rings is 1. The molecule has 7 heteroatoms. The minimum Gasteiger partial charge on any atom is -0.464 e. The number of hydrogen-bond donors (Lipinski definition) is 0. The summed E-state index contributed by atoms with van der Waals surface area (Å²) >= 11 is 1.56. The number of carbonyl (C=O) groups excluding carboxylic acids is 1. The number of amides is 1. The van der Waals surface area contributed by atoms with Gasteiger partial charge in [0.15, 0.2) is 0 Å². The van der Waals surface area contributed by atoms with E-state index in [1.165, 1.54) is 0 Å². The van der Waals surface area contributed by atoms with Crippen LogP contribution in [0.2, 0.25) is 0 Å². The lowest BCUT2D eigenvalue weighted by Crippen LogP contribution is -2.26. The maximum atomic E-state index is 13.1. The Bertz CT molecular complexity index is 1080. The maximum Gasteiger partial charge on any atom is 0.259 e. The minimum absolute atomic E-state index is 0.129. The van der Waals surface area contributed by atoms with Crippen molar-refractivity contribution in [1.29, 1.82) is 0 Å². The fraction of sp³-hybridized carbons (Fsp3) is 0.211. The van der Waals surface area contributed by atoms with Crippen LogP contribution in [0.25, 0.3) is 21.7 Å². The van der Waals surface area contributed by atoms with E-state index >= 15 is 0 Å². The van der Waals surface area contributed by atoms with E-state index in [1.807, 2.05) is 49.6 Å². The third-order valence-corrected chi connectivity index (χ3v) is 5.05. The molecular weight excluding hydrogens is 350 g/mol. The molecule has 4 aromatic rings. The van der Waals surface area contributed by atoms with Crippen LogP contribution in [0, 0.1) is 13.8 Å². The van der Waals surface area contributed by atoms with Crippen molar-refractivity contribution in [1.82, 2.24) is 15.0 Å². The van der Waals surface area contributed by atoms with Gasteiger partial charge in [0, 0.05) is 7.05 Å². The molecule has 26 heavy (non-hydrogen) atoms. The second-order valence-electron chi connectivity index (χ2n) is 6.15. The van der Waals surface area contributed by atoms with Gasteiger partial charge in [-0.3, -0.25) is 4.79 Å². The summed E-state index contributed by atoms with van der Waals surface area (Å²) in [5, 5.41) is 6.61. The Morgan fingerprint density at radius 1 is 1.27 bits per heavy atom. The normalized spacial score (nSPS) is 11.2. The van der Waals surface area contributed by atoms with Gasteiger partial charge in [0.05, 0.1) is 33.8 Å². The van der Waals surface area contributed by atoms with Crippen LogP contribution >= 0.6 is 11.3 Å². The van der Waals surface area contributed by atoms with Crippen LogP contribution in [0.15, 0.2) is 44.7 Å². The van der Waals surface area contributed by atoms with Crippen molar-refractivity contribution in [2.45, 2.75) is 20.4 Å². The predicted octanol–water partition coefficient (Wildman–Crippen LogP) is 4.43. The molecule has 0 radical (unpaired) electrons. The molecule has 0 bridgehead atoms. The van der Waals surface area contributed by atoms with Crippen molar-refractivity contribution >= 4 is 28.3 Å². The Balaban J connectivity index is 1.76. The maximum absolute atomic E-state index is 13.1. The van der Waals surface area contributed by atoms with Crippen molar-refractivity contribution in [3.8, 4) is 10.6 Å². The van der Waals surface area contributed by atoms with E-state index in [1.54, 1.807) is 23.3 Å². The first-order valence-electron chi connectivity index (χ1n) is 8.14. The zero-order valence-corrected chi connectivity index (χ0v) is 15.5. The molecule has 4 rings (SSSR count). The second-order valence-corrected chi connectivity index (χ2v) is 7.10. The standard InChI is InChI=1S/C19H17N3O3S/c1-11-6-7-13(24-11)10-22(3)19(23)14-9-15(16-5-4-8-26-16)20-18-17(14)12(2)21-25-18/h4-9H,10H2,1-3H3. The van der Waals surface area contributed by atoms with Crippen LogP contribution < -0.4 is 0 Å². The van der Waals surface area contributed by atoms with Crippen LogP contribution in [-0.2, 0) is 6.54 Å². The van der Waals surface area contributed by atoms with E-state index in [-0.39, 0.29) is 5.91 Å². The van der Waals surface area contributed by atoms with Gasteiger partial charge in [-0.15, -0.1) is 11.3 Å². The van der Waals surface area contributed by atoms with E-state index in [0.29, 0.717) is 34.6 Å². The minimum atomic E-state index is -0.129. The Morgan fingerprint density at radius 2 is 2.12 bits per heavy atom. The molecular formula is C19H17N3O3S. The van der Waals surface area contributed by atoms with Gasteiger partial charge in [0.1, 0.15) is 11.5 Å². The molecule has 0 spiro atoms. The predicted molar refractivity (Wildman–Crippen MR) is 99.1 cm³/mol. The molecule has 132 valence electrons. The Labute approximate surface area is 154 Å². The Kier molecular flexibility index (Phi) is 4.08. The van der Waals surface area contributed by atoms with Gasteiger partial charge in [-0.2, -0.15) is 0 Å². The largest absolute Gasteiger partial charge is 0.464 e. The zero-order chi connectivity index (χ0) is 18.3. The van der Waals surface area contributed by atoms with Crippen molar-refractivity contribution in [3.05, 3.63) is 58.5 Å². The number of rotatable bonds is 4. The number of thiophene rings is 1. The molecule has 0 atom stereocenters. The highest BCUT2D eigenvalue weighted by molar-refractivity contribution is 7.13. The first kappa shape index (κ1) is 16.5. The zero-order valence-electron chi connectivity index (χ0n) is 14.6. The quantitative estimate of drug-likeness (QED) is 0.533. The molecule has 4 heterocycles. The molecule has 0 fully saturated rings. The SMILES string of the molecule is Cc1ccc(CN(C)C(=O)c2cc(-c3cccs3)nc3onc(C)c23)o1. The van der Waals surface area contributed by atoms with Crippen molar-refractivity contribution in [3.63, 3.8) is 0 Å². The van der Waals surface area contributed by atoms with Gasteiger partial charge >= 0.3 is 0 Å². The van der Waals surface area contributed by atoms with Crippen LogP contribution in [0.4, 0.5) is 0 Å². The van der Waals surface area contributed by atoms with Gasteiger partial charge in [-0.1, -0.05) is 11.2 Å². The third kappa shape index (κ3) is 2.90. The molecule has 1 amide bonds. The summed E-state index contributed by atoms with van der Waals surface area (Å²) < 4.78 is 10.9.